The van der Waals surface area contributed by atoms with Crippen LogP contribution < -0.4 is 10.2 Å². The fourth-order valence-corrected chi connectivity index (χ4v) is 2.25. The summed E-state index contributed by atoms with van der Waals surface area (Å²) in [7, 11) is 2.13. The molecule has 0 bridgehead atoms. The molecule has 0 fully saturated rings. The molecule has 0 radical (unpaired) electrons. The first-order valence-electron chi connectivity index (χ1n) is 7.69. The molecule has 1 aromatic rings. The predicted molar refractivity (Wildman–Crippen MR) is 87.7 cm³/mol. The smallest absolute Gasteiger partial charge is 0.138 e. The summed E-state index contributed by atoms with van der Waals surface area (Å²) in [6, 6.07) is 2.57. The van der Waals surface area contributed by atoms with Crippen molar-refractivity contribution in [3.63, 3.8) is 0 Å². The highest BCUT2D eigenvalue weighted by atomic mass is 15.2. The lowest BCUT2D eigenvalue weighted by molar-refractivity contribution is 0.538. The number of aromatic nitrogens is 2. The maximum absolute atomic E-state index is 4.78. The van der Waals surface area contributed by atoms with Gasteiger partial charge in [0.2, 0.25) is 0 Å². The van der Waals surface area contributed by atoms with Gasteiger partial charge in [0.25, 0.3) is 0 Å². The summed E-state index contributed by atoms with van der Waals surface area (Å²) >= 11 is 0. The molecule has 0 aliphatic rings. The van der Waals surface area contributed by atoms with Crippen LogP contribution in [0, 0.1) is 0 Å². The van der Waals surface area contributed by atoms with Crippen LogP contribution in [0.15, 0.2) is 6.07 Å². The first kappa shape index (κ1) is 16.7. The fourth-order valence-electron chi connectivity index (χ4n) is 2.25. The van der Waals surface area contributed by atoms with E-state index in [9.17, 15) is 0 Å². The first-order chi connectivity index (χ1) is 9.33. The van der Waals surface area contributed by atoms with Crippen molar-refractivity contribution in [3.05, 3.63) is 11.9 Å². The largest absolute Gasteiger partial charge is 0.370 e. The van der Waals surface area contributed by atoms with E-state index >= 15 is 0 Å². The number of rotatable bonds is 6. The molecule has 4 heteroatoms. The topological polar surface area (TPSA) is 41.0 Å². The van der Waals surface area contributed by atoms with E-state index in [2.05, 4.69) is 69.9 Å². The van der Waals surface area contributed by atoms with Gasteiger partial charge in [0.1, 0.15) is 17.5 Å². The van der Waals surface area contributed by atoms with E-state index in [-0.39, 0.29) is 5.41 Å². The molecule has 1 heterocycles. The van der Waals surface area contributed by atoms with Crippen molar-refractivity contribution in [3.8, 4) is 0 Å². The quantitative estimate of drug-likeness (QED) is 0.858. The number of hydrogen-bond donors (Lipinski definition) is 1. The van der Waals surface area contributed by atoms with Gasteiger partial charge in [-0.3, -0.25) is 0 Å². The van der Waals surface area contributed by atoms with E-state index in [1.54, 1.807) is 0 Å². The molecule has 1 rings (SSSR count). The van der Waals surface area contributed by atoms with Gasteiger partial charge in [0.05, 0.1) is 0 Å². The molecule has 0 atom stereocenters. The van der Waals surface area contributed by atoms with Crippen molar-refractivity contribution in [2.45, 2.75) is 65.8 Å². The second-order valence-electron chi connectivity index (χ2n) is 6.30. The highest BCUT2D eigenvalue weighted by Crippen LogP contribution is 2.25. The molecule has 4 nitrogen and oxygen atoms in total. The van der Waals surface area contributed by atoms with Crippen molar-refractivity contribution in [1.82, 2.24) is 9.97 Å². The molecule has 0 unspecified atom stereocenters. The van der Waals surface area contributed by atoms with Crippen LogP contribution in [0.5, 0.6) is 0 Å². The molecular formula is C16H30N4. The minimum Gasteiger partial charge on any atom is -0.370 e. The van der Waals surface area contributed by atoms with E-state index in [0.29, 0.717) is 6.04 Å². The van der Waals surface area contributed by atoms with Gasteiger partial charge in [0.15, 0.2) is 0 Å². The molecule has 0 saturated carbocycles. The molecule has 1 aromatic heterocycles. The molecule has 1 N–H and O–H groups in total. The van der Waals surface area contributed by atoms with E-state index in [4.69, 9.17) is 4.98 Å². The van der Waals surface area contributed by atoms with Gasteiger partial charge in [-0.1, -0.05) is 34.6 Å². The summed E-state index contributed by atoms with van der Waals surface area (Å²) < 4.78 is 0. The second-order valence-corrected chi connectivity index (χ2v) is 6.30. The highest BCUT2D eigenvalue weighted by molar-refractivity contribution is 5.50. The van der Waals surface area contributed by atoms with Crippen LogP contribution >= 0.6 is 0 Å². The van der Waals surface area contributed by atoms with Crippen LogP contribution in [0.25, 0.3) is 0 Å². The Morgan fingerprint density at radius 1 is 1.15 bits per heavy atom. The third-order valence-electron chi connectivity index (χ3n) is 3.59. The van der Waals surface area contributed by atoms with Gasteiger partial charge < -0.3 is 10.2 Å². The summed E-state index contributed by atoms with van der Waals surface area (Å²) in [6.07, 6.45) is 2.25. The third kappa shape index (κ3) is 4.09. The zero-order valence-electron chi connectivity index (χ0n) is 14.1. The third-order valence-corrected chi connectivity index (χ3v) is 3.59. The van der Waals surface area contributed by atoms with E-state index in [1.807, 2.05) is 0 Å². The van der Waals surface area contributed by atoms with Crippen LogP contribution in [-0.4, -0.2) is 29.6 Å². The fraction of sp³-hybridized carbons (Fsp3) is 0.750. The molecule has 0 aliphatic heterocycles. The molecule has 20 heavy (non-hydrogen) atoms. The van der Waals surface area contributed by atoms with E-state index < -0.39 is 0 Å². The molecule has 0 saturated heterocycles. The summed E-state index contributed by atoms with van der Waals surface area (Å²) in [4.78, 5) is 11.7. The maximum Gasteiger partial charge on any atom is 0.138 e. The Labute approximate surface area is 124 Å². The van der Waals surface area contributed by atoms with Crippen molar-refractivity contribution >= 4 is 11.6 Å². The van der Waals surface area contributed by atoms with Crippen LogP contribution in [0.2, 0.25) is 0 Å². The zero-order valence-corrected chi connectivity index (χ0v) is 14.1. The summed E-state index contributed by atoms with van der Waals surface area (Å²) in [5.41, 5.74) is -0.0467. The predicted octanol–water partition coefficient (Wildman–Crippen LogP) is 3.83. The lowest BCUT2D eigenvalue weighted by atomic mass is 9.95. The van der Waals surface area contributed by atoms with Gasteiger partial charge >= 0.3 is 0 Å². The number of anilines is 2. The first-order valence-corrected chi connectivity index (χ1v) is 7.69. The van der Waals surface area contributed by atoms with Gasteiger partial charge in [-0.2, -0.15) is 0 Å². The molecular weight excluding hydrogens is 248 g/mol. The minimum absolute atomic E-state index is 0.0467. The van der Waals surface area contributed by atoms with Crippen LogP contribution in [0.4, 0.5) is 11.6 Å². The standard InChI is InChI=1S/C16H30N4/c1-8-12(9-2)20(7)14-11-13(17-10-3)18-15(19-14)16(4,5)6/h11-12H,8-10H2,1-7H3,(H,17,18,19). The highest BCUT2D eigenvalue weighted by Gasteiger charge is 2.21. The lowest BCUT2D eigenvalue weighted by Gasteiger charge is -2.29. The average Bonchev–Trinajstić information content (AvgIpc) is 2.39. The molecule has 0 aromatic carbocycles. The zero-order chi connectivity index (χ0) is 15.3. The second kappa shape index (κ2) is 6.91. The SMILES string of the molecule is CCNc1cc(N(C)C(CC)CC)nc(C(C)(C)C)n1. The van der Waals surface area contributed by atoms with Gasteiger partial charge in [-0.05, 0) is 19.8 Å². The maximum atomic E-state index is 4.78. The number of nitrogens with zero attached hydrogens (tertiary/aromatic N) is 3. The number of hydrogen-bond acceptors (Lipinski definition) is 4. The van der Waals surface area contributed by atoms with Crippen molar-refractivity contribution in [2.24, 2.45) is 0 Å². The monoisotopic (exact) mass is 278 g/mol. The Balaban J connectivity index is 3.21. The Kier molecular flexibility index (Phi) is 5.78. The van der Waals surface area contributed by atoms with Crippen LogP contribution in [0.3, 0.4) is 0 Å². The number of nitrogens with one attached hydrogen (secondary N) is 1. The van der Waals surface area contributed by atoms with E-state index in [0.717, 1.165) is 36.8 Å². The Morgan fingerprint density at radius 2 is 1.75 bits per heavy atom. The molecule has 0 aliphatic carbocycles. The Hall–Kier alpha value is -1.32. The summed E-state index contributed by atoms with van der Waals surface area (Å²) in [5.74, 6) is 2.82. The van der Waals surface area contributed by atoms with Crippen LogP contribution in [-0.2, 0) is 5.41 Å². The molecule has 0 amide bonds. The lowest BCUT2D eigenvalue weighted by Crippen LogP contribution is -2.32. The minimum atomic E-state index is -0.0467. The van der Waals surface area contributed by atoms with Crippen molar-refractivity contribution in [1.29, 1.82) is 0 Å². The van der Waals surface area contributed by atoms with Gasteiger partial charge in [-0.15, -0.1) is 0 Å². The summed E-state index contributed by atoms with van der Waals surface area (Å²) in [5, 5.41) is 3.31. The van der Waals surface area contributed by atoms with Crippen molar-refractivity contribution in [2.75, 3.05) is 23.8 Å². The molecule has 114 valence electrons. The summed E-state index contributed by atoms with van der Waals surface area (Å²) in [6.45, 7) is 13.9. The van der Waals surface area contributed by atoms with Crippen LogP contribution in [0.1, 0.15) is 60.2 Å². The Bertz CT molecular complexity index is 419. The van der Waals surface area contributed by atoms with E-state index in [1.165, 1.54) is 0 Å². The normalized spacial score (nSPS) is 11.8. The molecule has 0 spiro atoms. The van der Waals surface area contributed by atoms with Gasteiger partial charge in [0, 0.05) is 31.1 Å². The average molecular weight is 278 g/mol. The van der Waals surface area contributed by atoms with Crippen molar-refractivity contribution < 1.29 is 0 Å². The van der Waals surface area contributed by atoms with Gasteiger partial charge in [-0.25, -0.2) is 9.97 Å². The Morgan fingerprint density at radius 3 is 2.20 bits per heavy atom.